The fourth-order valence-electron chi connectivity index (χ4n) is 4.03. The molecule has 6 N–H and O–H groups in total. The lowest BCUT2D eigenvalue weighted by molar-refractivity contribution is -0.149. The first kappa shape index (κ1) is 20.2. The van der Waals surface area contributed by atoms with Crippen LogP contribution in [0.1, 0.15) is 25.7 Å². The molecule has 2 aliphatic heterocycles. The van der Waals surface area contributed by atoms with Gasteiger partial charge >= 0.3 is 0 Å². The van der Waals surface area contributed by atoms with Crippen LogP contribution in [0.5, 0.6) is 11.5 Å². The van der Waals surface area contributed by atoms with Crippen LogP contribution < -0.4 is 21.3 Å². The molecule has 2 saturated heterocycles. The van der Waals surface area contributed by atoms with Gasteiger partial charge < -0.3 is 21.7 Å². The molecule has 2 fully saturated rings. The highest BCUT2D eigenvalue weighted by atomic mass is 16.3. The summed E-state index contributed by atoms with van der Waals surface area (Å²) in [6.45, 7) is 0. The lowest BCUT2D eigenvalue weighted by Gasteiger charge is -2.44. The van der Waals surface area contributed by atoms with Gasteiger partial charge in [0.1, 0.15) is 16.9 Å². The maximum Gasteiger partial charge on any atom is 0.249 e. The van der Waals surface area contributed by atoms with Gasteiger partial charge in [0.05, 0.1) is 22.7 Å². The number of piperidine rings is 2. The normalized spacial score (nSPS) is 18.7. The van der Waals surface area contributed by atoms with Crippen LogP contribution in [0.25, 0.3) is 0 Å². The minimum atomic E-state index is -1.63. The number of hydrogen-bond donors (Lipinski definition) is 4. The largest absolute Gasteiger partial charge is 0.506 e. The Bertz CT molecular complexity index is 1060. The number of imide groups is 2. The molecule has 4 amide bonds. The number of carbonyl (C=O) groups is 4. The van der Waals surface area contributed by atoms with Crippen molar-refractivity contribution in [1.29, 1.82) is 0 Å². The highest BCUT2D eigenvalue weighted by Crippen LogP contribution is 2.45. The van der Waals surface area contributed by atoms with Crippen molar-refractivity contribution in [3.63, 3.8) is 0 Å². The first-order valence-electron chi connectivity index (χ1n) is 9.57. The molecular weight excluding hydrogens is 404 g/mol. The number of nitrogens with zero attached hydrogens (tertiary/aromatic N) is 2. The van der Waals surface area contributed by atoms with Crippen LogP contribution in [0.4, 0.5) is 22.7 Å². The topological polar surface area (TPSA) is 167 Å². The van der Waals surface area contributed by atoms with E-state index >= 15 is 0 Å². The summed E-state index contributed by atoms with van der Waals surface area (Å²) < 4.78 is 0. The second-order valence-corrected chi connectivity index (χ2v) is 7.64. The summed E-state index contributed by atoms with van der Waals surface area (Å²) in [5, 5.41) is 19.8. The number of anilines is 4. The molecule has 31 heavy (non-hydrogen) atoms. The zero-order valence-electron chi connectivity index (χ0n) is 16.4. The molecule has 0 radical (unpaired) electrons. The van der Waals surface area contributed by atoms with Crippen LogP contribution in [-0.4, -0.2) is 33.8 Å². The molecule has 2 aromatic rings. The van der Waals surface area contributed by atoms with Gasteiger partial charge in [-0.15, -0.1) is 0 Å². The lowest BCUT2D eigenvalue weighted by Crippen LogP contribution is -2.62. The third kappa shape index (κ3) is 3.03. The predicted molar refractivity (Wildman–Crippen MR) is 111 cm³/mol. The standard InChI is InChI=1S/C21H20N4O6/c22-13-3-1-11(9-15(13)26)24-17(28)5-7-21(19(24)30)8-6-18(29)25(20(21)31)12-2-4-14(23)16(27)10-12/h1-4,9-10,26-27H,5-8,22-23H2. The molecule has 2 aliphatic rings. The van der Waals surface area contributed by atoms with Crippen molar-refractivity contribution in [2.75, 3.05) is 21.3 Å². The van der Waals surface area contributed by atoms with Gasteiger partial charge in [-0.2, -0.15) is 0 Å². The molecule has 10 heteroatoms. The zero-order chi connectivity index (χ0) is 22.5. The number of nitrogen functional groups attached to an aromatic ring is 2. The van der Waals surface area contributed by atoms with Crippen molar-refractivity contribution in [3.8, 4) is 11.5 Å². The van der Waals surface area contributed by atoms with Crippen LogP contribution in [0.3, 0.4) is 0 Å². The van der Waals surface area contributed by atoms with Gasteiger partial charge in [0.2, 0.25) is 23.6 Å². The van der Waals surface area contributed by atoms with E-state index in [0.717, 1.165) is 9.80 Å². The maximum atomic E-state index is 13.5. The molecule has 4 rings (SSSR count). The summed E-state index contributed by atoms with van der Waals surface area (Å²) in [4.78, 5) is 53.9. The molecule has 0 aromatic heterocycles. The highest BCUT2D eigenvalue weighted by Gasteiger charge is 2.57. The van der Waals surface area contributed by atoms with Gasteiger partial charge in [-0.05, 0) is 37.1 Å². The SMILES string of the molecule is Nc1ccc(N2C(=O)CCC3(CCC(=O)N(c4ccc(N)c(O)c4)C3=O)C2=O)cc1O. The van der Waals surface area contributed by atoms with E-state index in [1.807, 2.05) is 0 Å². The summed E-state index contributed by atoms with van der Waals surface area (Å²) in [6, 6.07) is 7.86. The number of hydrogen-bond acceptors (Lipinski definition) is 8. The summed E-state index contributed by atoms with van der Waals surface area (Å²) in [5.74, 6) is -3.20. The molecule has 0 aliphatic carbocycles. The lowest BCUT2D eigenvalue weighted by atomic mass is 9.71. The molecule has 2 aromatic carbocycles. The summed E-state index contributed by atoms with van der Waals surface area (Å²) in [5.41, 5.74) is 9.89. The van der Waals surface area contributed by atoms with Gasteiger partial charge in [0.25, 0.3) is 0 Å². The Morgan fingerprint density at radius 1 is 0.710 bits per heavy atom. The Balaban J connectivity index is 1.76. The Kier molecular flexibility index (Phi) is 4.57. The van der Waals surface area contributed by atoms with Crippen molar-refractivity contribution >= 4 is 46.4 Å². The predicted octanol–water partition coefficient (Wildman–Crippen LogP) is 1.26. The zero-order valence-corrected chi connectivity index (χ0v) is 16.4. The molecule has 0 unspecified atom stereocenters. The number of amides is 4. The number of carbonyl (C=O) groups excluding carboxylic acids is 4. The summed E-state index contributed by atoms with van der Waals surface area (Å²) >= 11 is 0. The van der Waals surface area contributed by atoms with E-state index in [1.54, 1.807) is 0 Å². The Morgan fingerprint density at radius 3 is 1.45 bits per heavy atom. The van der Waals surface area contributed by atoms with Crippen molar-refractivity contribution in [1.82, 2.24) is 0 Å². The van der Waals surface area contributed by atoms with E-state index in [2.05, 4.69) is 0 Å². The van der Waals surface area contributed by atoms with E-state index in [0.29, 0.717) is 0 Å². The molecule has 2 heterocycles. The Morgan fingerprint density at radius 2 is 1.10 bits per heavy atom. The average Bonchev–Trinajstić information content (AvgIpc) is 2.72. The number of nitrogens with two attached hydrogens (primary N) is 2. The van der Waals surface area contributed by atoms with Gasteiger partial charge in [0, 0.05) is 25.0 Å². The molecule has 160 valence electrons. The Hall–Kier alpha value is -4.08. The fourth-order valence-corrected chi connectivity index (χ4v) is 4.03. The molecule has 0 saturated carbocycles. The molecule has 0 bridgehead atoms. The number of aromatic hydroxyl groups is 2. The first-order valence-corrected chi connectivity index (χ1v) is 9.57. The van der Waals surface area contributed by atoms with Crippen LogP contribution in [0, 0.1) is 5.41 Å². The van der Waals surface area contributed by atoms with Crippen LogP contribution in [0.2, 0.25) is 0 Å². The highest BCUT2D eigenvalue weighted by molar-refractivity contribution is 6.31. The molecule has 1 spiro atoms. The van der Waals surface area contributed by atoms with Crippen LogP contribution in [0.15, 0.2) is 36.4 Å². The quantitative estimate of drug-likeness (QED) is 0.242. The van der Waals surface area contributed by atoms with Crippen LogP contribution >= 0.6 is 0 Å². The van der Waals surface area contributed by atoms with Crippen LogP contribution in [-0.2, 0) is 19.2 Å². The molecule has 10 nitrogen and oxygen atoms in total. The number of rotatable bonds is 2. The van der Waals surface area contributed by atoms with E-state index in [1.165, 1.54) is 36.4 Å². The number of phenols is 2. The molecule has 0 atom stereocenters. The van der Waals surface area contributed by atoms with Crippen molar-refractivity contribution in [3.05, 3.63) is 36.4 Å². The molecular formula is C21H20N4O6. The smallest absolute Gasteiger partial charge is 0.249 e. The second-order valence-electron chi connectivity index (χ2n) is 7.64. The van der Waals surface area contributed by atoms with E-state index < -0.39 is 29.0 Å². The minimum absolute atomic E-state index is 0.0499. The fraction of sp³-hybridized carbons (Fsp3) is 0.238. The van der Waals surface area contributed by atoms with Crippen molar-refractivity contribution in [2.45, 2.75) is 25.7 Å². The monoisotopic (exact) mass is 424 g/mol. The first-order chi connectivity index (χ1) is 14.7. The van der Waals surface area contributed by atoms with Gasteiger partial charge in [-0.3, -0.25) is 19.2 Å². The third-order valence-corrected chi connectivity index (χ3v) is 5.80. The Labute approximate surface area is 176 Å². The van der Waals surface area contributed by atoms with Crippen molar-refractivity contribution in [2.24, 2.45) is 5.41 Å². The third-order valence-electron chi connectivity index (χ3n) is 5.80. The van der Waals surface area contributed by atoms with E-state index in [-0.39, 0.29) is 59.9 Å². The average molecular weight is 424 g/mol. The number of phenolic OH excluding ortho intramolecular Hbond substituents is 2. The number of benzene rings is 2. The van der Waals surface area contributed by atoms with Gasteiger partial charge in [0.15, 0.2) is 0 Å². The second kappa shape index (κ2) is 7.01. The maximum absolute atomic E-state index is 13.5. The van der Waals surface area contributed by atoms with Gasteiger partial charge in [-0.1, -0.05) is 0 Å². The van der Waals surface area contributed by atoms with E-state index in [9.17, 15) is 29.4 Å². The van der Waals surface area contributed by atoms with Gasteiger partial charge in [-0.25, -0.2) is 9.80 Å². The van der Waals surface area contributed by atoms with E-state index in [4.69, 9.17) is 11.5 Å². The van der Waals surface area contributed by atoms with Crippen molar-refractivity contribution < 1.29 is 29.4 Å². The minimum Gasteiger partial charge on any atom is -0.506 e. The summed E-state index contributed by atoms with van der Waals surface area (Å²) in [6.07, 6.45) is -0.299. The summed E-state index contributed by atoms with van der Waals surface area (Å²) in [7, 11) is 0.